The highest BCUT2D eigenvalue weighted by Crippen LogP contribution is 2.24. The minimum Gasteiger partial charge on any atom is -0.350 e. The summed E-state index contributed by atoms with van der Waals surface area (Å²) in [5.41, 5.74) is 1.83. The van der Waals surface area contributed by atoms with Gasteiger partial charge in [0.25, 0.3) is 5.91 Å². The van der Waals surface area contributed by atoms with Crippen LogP contribution in [0, 0.1) is 25.2 Å². The first-order valence-corrected chi connectivity index (χ1v) is 8.50. The zero-order valence-electron chi connectivity index (χ0n) is 13.9. The number of nitrogens with zero attached hydrogens (tertiary/aromatic N) is 6. The number of rotatable bonds is 2. The van der Waals surface area contributed by atoms with Gasteiger partial charge in [-0.05, 0) is 32.3 Å². The molecule has 0 N–H and O–H groups in total. The van der Waals surface area contributed by atoms with Crippen LogP contribution in [0.3, 0.4) is 0 Å². The van der Waals surface area contributed by atoms with Crippen molar-refractivity contribution in [3.63, 3.8) is 0 Å². The Morgan fingerprint density at radius 2 is 2.08 bits per heavy atom. The second-order valence-electron chi connectivity index (χ2n) is 5.83. The van der Waals surface area contributed by atoms with Gasteiger partial charge in [0, 0.05) is 42.9 Å². The molecule has 1 unspecified atom stereocenters. The SMILES string of the molecule is Cc1nsc(C)c1C(=O)N1CCN(c2nccnc2C#N)CC1C. The Hall–Kier alpha value is -2.53. The summed E-state index contributed by atoms with van der Waals surface area (Å²) in [5, 5.41) is 9.19. The lowest BCUT2D eigenvalue weighted by atomic mass is 10.1. The summed E-state index contributed by atoms with van der Waals surface area (Å²) in [6.07, 6.45) is 3.10. The van der Waals surface area contributed by atoms with Gasteiger partial charge in [0.2, 0.25) is 0 Å². The van der Waals surface area contributed by atoms with Crippen molar-refractivity contribution >= 4 is 23.3 Å². The molecule has 1 aliphatic rings. The molecule has 0 aliphatic carbocycles. The molecular formula is C16H18N6OS. The maximum atomic E-state index is 12.9. The highest BCUT2D eigenvalue weighted by Gasteiger charge is 2.31. The lowest BCUT2D eigenvalue weighted by Crippen LogP contribution is -2.54. The normalized spacial score (nSPS) is 17.7. The summed E-state index contributed by atoms with van der Waals surface area (Å²) in [6, 6.07) is 2.09. The molecule has 1 atom stereocenters. The molecule has 3 rings (SSSR count). The van der Waals surface area contributed by atoms with Crippen LogP contribution in [-0.4, -0.2) is 50.8 Å². The fraction of sp³-hybridized carbons (Fsp3) is 0.438. The molecule has 0 spiro atoms. The number of hydrogen-bond acceptors (Lipinski definition) is 7. The summed E-state index contributed by atoms with van der Waals surface area (Å²) in [7, 11) is 0. The van der Waals surface area contributed by atoms with Crippen LogP contribution < -0.4 is 4.90 Å². The number of carbonyl (C=O) groups excluding carboxylic acids is 1. The molecule has 24 heavy (non-hydrogen) atoms. The molecule has 1 amide bonds. The molecule has 0 bridgehead atoms. The fourth-order valence-corrected chi connectivity index (χ4v) is 3.72. The molecule has 1 fully saturated rings. The number of carbonyl (C=O) groups is 1. The lowest BCUT2D eigenvalue weighted by molar-refractivity contribution is 0.0672. The molecule has 1 saturated heterocycles. The van der Waals surface area contributed by atoms with E-state index in [1.807, 2.05) is 30.6 Å². The Kier molecular flexibility index (Phi) is 4.44. The third-order valence-corrected chi connectivity index (χ3v) is 5.06. The number of aryl methyl sites for hydroxylation is 2. The van der Waals surface area contributed by atoms with Gasteiger partial charge in [-0.1, -0.05) is 0 Å². The monoisotopic (exact) mass is 342 g/mol. The molecule has 3 heterocycles. The Labute approximate surface area is 144 Å². The zero-order valence-corrected chi connectivity index (χ0v) is 14.7. The predicted octanol–water partition coefficient (Wildman–Crippen LogP) is 1.77. The number of anilines is 1. The molecular weight excluding hydrogens is 324 g/mol. The Morgan fingerprint density at radius 3 is 2.71 bits per heavy atom. The van der Waals surface area contributed by atoms with Crippen LogP contribution in [0.5, 0.6) is 0 Å². The van der Waals surface area contributed by atoms with Gasteiger partial charge < -0.3 is 9.80 Å². The minimum absolute atomic E-state index is 0.0125. The predicted molar refractivity (Wildman–Crippen MR) is 91.0 cm³/mol. The molecule has 2 aromatic rings. The molecule has 7 nitrogen and oxygen atoms in total. The van der Waals surface area contributed by atoms with E-state index in [2.05, 4.69) is 20.4 Å². The number of amides is 1. The Bertz CT molecular complexity index is 792. The van der Waals surface area contributed by atoms with Gasteiger partial charge in [0.15, 0.2) is 11.5 Å². The third-order valence-electron chi connectivity index (χ3n) is 4.22. The first-order valence-electron chi connectivity index (χ1n) is 7.72. The molecule has 8 heteroatoms. The first-order chi connectivity index (χ1) is 11.5. The van der Waals surface area contributed by atoms with E-state index in [0.29, 0.717) is 31.1 Å². The van der Waals surface area contributed by atoms with Gasteiger partial charge in [-0.3, -0.25) is 4.79 Å². The zero-order chi connectivity index (χ0) is 17.3. The van der Waals surface area contributed by atoms with Gasteiger partial charge >= 0.3 is 0 Å². The molecule has 2 aromatic heterocycles. The van der Waals surface area contributed by atoms with Crippen molar-refractivity contribution < 1.29 is 4.79 Å². The summed E-state index contributed by atoms with van der Waals surface area (Å²) >= 11 is 1.36. The summed E-state index contributed by atoms with van der Waals surface area (Å²) in [5.74, 6) is 0.620. The van der Waals surface area contributed by atoms with Crippen molar-refractivity contribution in [2.45, 2.75) is 26.8 Å². The molecule has 0 aromatic carbocycles. The first kappa shape index (κ1) is 16.3. The van der Waals surface area contributed by atoms with Crippen molar-refractivity contribution in [3.8, 4) is 6.07 Å². The minimum atomic E-state index is 0.0125. The number of piperazine rings is 1. The number of nitriles is 1. The topological polar surface area (TPSA) is 86.0 Å². The van der Waals surface area contributed by atoms with Crippen molar-refractivity contribution in [2.24, 2.45) is 0 Å². The van der Waals surface area contributed by atoms with Crippen LogP contribution in [0.15, 0.2) is 12.4 Å². The van der Waals surface area contributed by atoms with Gasteiger partial charge in [-0.2, -0.15) is 9.64 Å². The van der Waals surface area contributed by atoms with Crippen LogP contribution in [0.2, 0.25) is 0 Å². The summed E-state index contributed by atoms with van der Waals surface area (Å²) < 4.78 is 4.27. The summed E-state index contributed by atoms with van der Waals surface area (Å²) in [4.78, 5) is 26.1. The van der Waals surface area contributed by atoms with E-state index in [1.54, 1.807) is 6.20 Å². The van der Waals surface area contributed by atoms with Gasteiger partial charge in [-0.15, -0.1) is 0 Å². The average molecular weight is 342 g/mol. The van der Waals surface area contributed by atoms with Crippen LogP contribution >= 0.6 is 11.5 Å². The number of hydrogen-bond donors (Lipinski definition) is 0. The van der Waals surface area contributed by atoms with Crippen LogP contribution in [0.4, 0.5) is 5.82 Å². The van der Waals surface area contributed by atoms with Crippen molar-refractivity contribution in [1.82, 2.24) is 19.2 Å². The third kappa shape index (κ3) is 2.83. The lowest BCUT2D eigenvalue weighted by Gasteiger charge is -2.40. The second kappa shape index (κ2) is 6.53. The standard InChI is InChI=1S/C16H18N6OS/c1-10-9-21(15-13(8-17)18-4-5-19-15)6-7-22(10)16(23)14-11(2)20-24-12(14)3/h4-5,10H,6-7,9H2,1-3H3. The van der Waals surface area contributed by atoms with E-state index >= 15 is 0 Å². The summed E-state index contributed by atoms with van der Waals surface area (Å²) in [6.45, 7) is 7.63. The van der Waals surface area contributed by atoms with E-state index in [1.165, 1.54) is 17.7 Å². The van der Waals surface area contributed by atoms with E-state index in [-0.39, 0.29) is 11.9 Å². The largest absolute Gasteiger partial charge is 0.350 e. The molecule has 124 valence electrons. The molecule has 1 aliphatic heterocycles. The van der Waals surface area contributed by atoms with Gasteiger partial charge in [0.1, 0.15) is 6.07 Å². The van der Waals surface area contributed by atoms with E-state index in [9.17, 15) is 10.1 Å². The van der Waals surface area contributed by atoms with Crippen LogP contribution in [0.1, 0.15) is 33.5 Å². The maximum Gasteiger partial charge on any atom is 0.257 e. The van der Waals surface area contributed by atoms with Crippen LogP contribution in [0.25, 0.3) is 0 Å². The second-order valence-corrected chi connectivity index (χ2v) is 6.81. The van der Waals surface area contributed by atoms with E-state index in [4.69, 9.17) is 0 Å². The van der Waals surface area contributed by atoms with Crippen molar-refractivity contribution in [1.29, 1.82) is 5.26 Å². The molecule has 0 radical (unpaired) electrons. The quantitative estimate of drug-likeness (QED) is 0.827. The van der Waals surface area contributed by atoms with Crippen molar-refractivity contribution in [2.75, 3.05) is 24.5 Å². The fourth-order valence-electron chi connectivity index (χ4n) is 3.02. The van der Waals surface area contributed by atoms with Crippen LogP contribution in [-0.2, 0) is 0 Å². The Balaban J connectivity index is 1.79. The molecule has 0 saturated carbocycles. The Morgan fingerprint density at radius 1 is 1.33 bits per heavy atom. The number of aromatic nitrogens is 3. The van der Waals surface area contributed by atoms with Gasteiger partial charge in [-0.25, -0.2) is 9.97 Å². The van der Waals surface area contributed by atoms with E-state index in [0.717, 1.165) is 16.1 Å². The van der Waals surface area contributed by atoms with Crippen molar-refractivity contribution in [3.05, 3.63) is 34.2 Å². The highest BCUT2D eigenvalue weighted by molar-refractivity contribution is 7.06. The highest BCUT2D eigenvalue weighted by atomic mass is 32.1. The van der Waals surface area contributed by atoms with E-state index < -0.39 is 0 Å². The van der Waals surface area contributed by atoms with Gasteiger partial charge in [0.05, 0.1) is 11.3 Å². The maximum absolute atomic E-state index is 12.9. The average Bonchev–Trinajstić information content (AvgIpc) is 2.92. The smallest absolute Gasteiger partial charge is 0.257 e.